The van der Waals surface area contributed by atoms with Crippen molar-refractivity contribution in [3.8, 4) is 0 Å². The van der Waals surface area contributed by atoms with Gasteiger partial charge in [0.15, 0.2) is 0 Å². The van der Waals surface area contributed by atoms with Crippen molar-refractivity contribution in [2.75, 3.05) is 0 Å². The van der Waals surface area contributed by atoms with E-state index < -0.39 is 0 Å². The standard InChI is InChI=1S/C9H14N4O2/c1-7-5-9(15)13(6-11-7)4-2-3-8(14)12-10/h5-6H,2-4,10H2,1H3,(H,12,14). The molecule has 0 aliphatic heterocycles. The number of aromatic nitrogens is 2. The van der Waals surface area contributed by atoms with Crippen LogP contribution in [-0.4, -0.2) is 15.5 Å². The fraction of sp³-hybridized carbons (Fsp3) is 0.444. The van der Waals surface area contributed by atoms with E-state index in [0.717, 1.165) is 0 Å². The van der Waals surface area contributed by atoms with Crippen LogP contribution in [0.5, 0.6) is 0 Å². The van der Waals surface area contributed by atoms with Gasteiger partial charge in [0.2, 0.25) is 5.91 Å². The predicted molar refractivity (Wildman–Crippen MR) is 54.8 cm³/mol. The van der Waals surface area contributed by atoms with Crippen LogP contribution in [0.4, 0.5) is 0 Å². The number of nitrogens with one attached hydrogen (secondary N) is 1. The van der Waals surface area contributed by atoms with Gasteiger partial charge >= 0.3 is 0 Å². The predicted octanol–water partition coefficient (Wildman–Crippen LogP) is -0.678. The summed E-state index contributed by atoms with van der Waals surface area (Å²) in [4.78, 5) is 26.2. The lowest BCUT2D eigenvalue weighted by molar-refractivity contribution is -0.121. The molecular formula is C9H14N4O2. The summed E-state index contributed by atoms with van der Waals surface area (Å²) in [5.74, 6) is 4.69. The highest BCUT2D eigenvalue weighted by Gasteiger charge is 2.00. The van der Waals surface area contributed by atoms with Crippen LogP contribution < -0.4 is 16.8 Å². The normalized spacial score (nSPS) is 10.0. The SMILES string of the molecule is Cc1cc(=O)n(CCCC(=O)NN)cn1. The Bertz CT molecular complexity index is 399. The van der Waals surface area contributed by atoms with Crippen molar-refractivity contribution in [3.05, 3.63) is 28.4 Å². The summed E-state index contributed by atoms with van der Waals surface area (Å²) in [6.45, 7) is 2.23. The van der Waals surface area contributed by atoms with Crippen LogP contribution >= 0.6 is 0 Å². The van der Waals surface area contributed by atoms with E-state index in [1.165, 1.54) is 17.0 Å². The molecule has 0 saturated heterocycles. The number of carbonyl (C=O) groups is 1. The van der Waals surface area contributed by atoms with Gasteiger partial charge in [0.25, 0.3) is 5.56 Å². The molecule has 0 unspecified atom stereocenters. The third kappa shape index (κ3) is 3.51. The fourth-order valence-electron chi connectivity index (χ4n) is 1.17. The van der Waals surface area contributed by atoms with Crippen LogP contribution in [-0.2, 0) is 11.3 Å². The van der Waals surface area contributed by atoms with Gasteiger partial charge in [-0.2, -0.15) is 0 Å². The van der Waals surface area contributed by atoms with Crippen molar-refractivity contribution < 1.29 is 4.79 Å². The first-order chi connectivity index (χ1) is 7.13. The number of nitrogens with two attached hydrogens (primary N) is 1. The van der Waals surface area contributed by atoms with Crippen molar-refractivity contribution in [2.24, 2.45) is 5.84 Å². The van der Waals surface area contributed by atoms with Crippen molar-refractivity contribution in [1.29, 1.82) is 0 Å². The highest BCUT2D eigenvalue weighted by molar-refractivity contribution is 5.74. The average molecular weight is 210 g/mol. The van der Waals surface area contributed by atoms with E-state index in [4.69, 9.17) is 5.84 Å². The summed E-state index contributed by atoms with van der Waals surface area (Å²) in [5.41, 5.74) is 2.62. The topological polar surface area (TPSA) is 90.0 Å². The molecule has 0 fully saturated rings. The average Bonchev–Trinajstić information content (AvgIpc) is 2.21. The molecule has 1 aromatic rings. The van der Waals surface area contributed by atoms with Crippen LogP contribution in [0, 0.1) is 6.92 Å². The van der Waals surface area contributed by atoms with Gasteiger partial charge in [-0.15, -0.1) is 0 Å². The van der Waals surface area contributed by atoms with Gasteiger partial charge in [0.1, 0.15) is 0 Å². The molecule has 0 radical (unpaired) electrons. The molecule has 0 atom stereocenters. The molecule has 1 aromatic heterocycles. The van der Waals surface area contributed by atoms with Gasteiger partial charge in [0, 0.05) is 24.7 Å². The molecule has 15 heavy (non-hydrogen) atoms. The maximum absolute atomic E-state index is 11.4. The Balaban J connectivity index is 2.51. The van der Waals surface area contributed by atoms with E-state index in [0.29, 0.717) is 25.1 Å². The van der Waals surface area contributed by atoms with Gasteiger partial charge in [-0.3, -0.25) is 19.6 Å². The lowest BCUT2D eigenvalue weighted by atomic mass is 10.3. The zero-order valence-electron chi connectivity index (χ0n) is 8.56. The molecular weight excluding hydrogens is 196 g/mol. The van der Waals surface area contributed by atoms with Crippen LogP contribution in [0.2, 0.25) is 0 Å². The highest BCUT2D eigenvalue weighted by Crippen LogP contribution is 1.92. The molecule has 0 aromatic carbocycles. The van der Waals surface area contributed by atoms with Gasteiger partial charge in [-0.05, 0) is 13.3 Å². The number of amides is 1. The summed E-state index contributed by atoms with van der Waals surface area (Å²) in [6.07, 6.45) is 2.35. The third-order valence-electron chi connectivity index (χ3n) is 1.98. The number of carbonyl (C=O) groups excluding carboxylic acids is 1. The highest BCUT2D eigenvalue weighted by atomic mass is 16.2. The quantitative estimate of drug-likeness (QED) is 0.391. The molecule has 1 rings (SSSR count). The lowest BCUT2D eigenvalue weighted by Gasteiger charge is -2.04. The number of hydrazine groups is 1. The minimum absolute atomic E-state index is 0.101. The Morgan fingerprint density at radius 2 is 2.40 bits per heavy atom. The number of hydrogen-bond acceptors (Lipinski definition) is 4. The molecule has 0 aliphatic carbocycles. The zero-order chi connectivity index (χ0) is 11.3. The molecule has 6 heteroatoms. The minimum atomic E-state index is -0.233. The summed E-state index contributed by atoms with van der Waals surface area (Å²) >= 11 is 0. The van der Waals surface area contributed by atoms with Crippen LogP contribution in [0.1, 0.15) is 18.5 Å². The van der Waals surface area contributed by atoms with Crippen molar-refractivity contribution in [3.63, 3.8) is 0 Å². The van der Waals surface area contributed by atoms with E-state index >= 15 is 0 Å². The Hall–Kier alpha value is -1.69. The van der Waals surface area contributed by atoms with Crippen LogP contribution in [0.25, 0.3) is 0 Å². The number of nitrogens with zero attached hydrogens (tertiary/aromatic N) is 2. The maximum atomic E-state index is 11.4. The zero-order valence-corrected chi connectivity index (χ0v) is 8.56. The molecule has 0 aliphatic rings. The Labute approximate surface area is 87.1 Å². The van der Waals surface area contributed by atoms with Crippen LogP contribution in [0.3, 0.4) is 0 Å². The molecule has 0 saturated carbocycles. The first-order valence-electron chi connectivity index (χ1n) is 4.66. The number of aryl methyl sites for hydroxylation is 2. The second-order valence-electron chi connectivity index (χ2n) is 3.23. The van der Waals surface area contributed by atoms with E-state index in [1.807, 2.05) is 5.43 Å². The second kappa shape index (κ2) is 5.26. The van der Waals surface area contributed by atoms with E-state index in [2.05, 4.69) is 4.98 Å². The molecule has 0 spiro atoms. The molecule has 1 heterocycles. The van der Waals surface area contributed by atoms with Gasteiger partial charge in [-0.1, -0.05) is 0 Å². The molecule has 6 nitrogen and oxygen atoms in total. The molecule has 1 amide bonds. The van der Waals surface area contributed by atoms with Crippen molar-refractivity contribution >= 4 is 5.91 Å². The van der Waals surface area contributed by atoms with Gasteiger partial charge < -0.3 is 0 Å². The van der Waals surface area contributed by atoms with E-state index in [1.54, 1.807) is 6.92 Å². The Morgan fingerprint density at radius 3 is 3.00 bits per heavy atom. The summed E-state index contributed by atoms with van der Waals surface area (Å²) in [5, 5.41) is 0. The lowest BCUT2D eigenvalue weighted by Crippen LogP contribution is -2.30. The Morgan fingerprint density at radius 1 is 1.67 bits per heavy atom. The minimum Gasteiger partial charge on any atom is -0.299 e. The largest absolute Gasteiger partial charge is 0.299 e. The summed E-state index contributed by atoms with van der Waals surface area (Å²) < 4.78 is 1.47. The van der Waals surface area contributed by atoms with E-state index in [9.17, 15) is 9.59 Å². The maximum Gasteiger partial charge on any atom is 0.253 e. The van der Waals surface area contributed by atoms with Gasteiger partial charge in [-0.25, -0.2) is 10.8 Å². The smallest absolute Gasteiger partial charge is 0.253 e. The first kappa shape index (κ1) is 11.4. The van der Waals surface area contributed by atoms with Gasteiger partial charge in [0.05, 0.1) is 6.33 Å². The third-order valence-corrected chi connectivity index (χ3v) is 1.98. The summed E-state index contributed by atoms with van der Waals surface area (Å²) in [7, 11) is 0. The van der Waals surface area contributed by atoms with Crippen molar-refractivity contribution in [2.45, 2.75) is 26.3 Å². The van der Waals surface area contributed by atoms with Crippen molar-refractivity contribution in [1.82, 2.24) is 15.0 Å². The Kier molecular flexibility index (Phi) is 3.99. The monoisotopic (exact) mass is 210 g/mol. The first-order valence-corrected chi connectivity index (χ1v) is 4.66. The second-order valence-corrected chi connectivity index (χ2v) is 3.23. The number of hydrogen-bond donors (Lipinski definition) is 2. The molecule has 0 bridgehead atoms. The summed E-state index contributed by atoms with van der Waals surface area (Å²) in [6, 6.07) is 1.46. The van der Waals surface area contributed by atoms with Crippen LogP contribution in [0.15, 0.2) is 17.2 Å². The number of rotatable bonds is 4. The molecule has 82 valence electrons. The van der Waals surface area contributed by atoms with E-state index in [-0.39, 0.29) is 11.5 Å². The fourth-order valence-corrected chi connectivity index (χ4v) is 1.17. The molecule has 3 N–H and O–H groups in total.